The number of benzene rings is 2. The second-order valence-corrected chi connectivity index (χ2v) is 28.1. The van der Waals surface area contributed by atoms with Gasteiger partial charge in [-0.1, -0.05) is 0 Å². The number of hydrogen-bond donors (Lipinski definition) is 0. The molecule has 0 aliphatic heterocycles. The summed E-state index contributed by atoms with van der Waals surface area (Å²) >= 11 is -3.62. The second-order valence-electron chi connectivity index (χ2n) is 11.1. The van der Waals surface area contributed by atoms with Crippen LogP contribution in [0.5, 0.6) is 0 Å². The number of rotatable bonds is 6. The zero-order chi connectivity index (χ0) is 22.1. The summed E-state index contributed by atoms with van der Waals surface area (Å²) in [6, 6.07) is 21.6. The molecule has 0 aliphatic rings. The van der Waals surface area contributed by atoms with Gasteiger partial charge in [-0.15, -0.1) is 0 Å². The first-order valence-electron chi connectivity index (χ1n) is 10.6. The zero-order valence-electron chi connectivity index (χ0n) is 20.1. The molecule has 29 heavy (non-hydrogen) atoms. The van der Waals surface area contributed by atoms with Crippen LogP contribution in [-0.4, -0.2) is 30.6 Å². The molecule has 0 spiro atoms. The summed E-state index contributed by atoms with van der Waals surface area (Å²) in [5.74, 6) is 0. The van der Waals surface area contributed by atoms with Crippen LogP contribution in [-0.2, 0) is 6.91 Å². The van der Waals surface area contributed by atoms with E-state index in [1.54, 1.807) is 0 Å². The van der Waals surface area contributed by atoms with E-state index >= 15 is 0 Å². The maximum absolute atomic E-state index is 7.43. The van der Waals surface area contributed by atoms with E-state index in [9.17, 15) is 0 Å². The van der Waals surface area contributed by atoms with E-state index in [0.717, 1.165) is 0 Å². The van der Waals surface area contributed by atoms with Crippen LogP contribution < -0.4 is 8.79 Å². The quantitative estimate of drug-likeness (QED) is 0.445. The van der Waals surface area contributed by atoms with Gasteiger partial charge in [0, 0.05) is 0 Å². The molecule has 0 fully saturated rings. The van der Waals surface area contributed by atoms with Crippen molar-refractivity contribution < 1.29 is 6.91 Å². The number of hydrogen-bond acceptors (Lipinski definition) is 2. The van der Waals surface area contributed by atoms with E-state index < -0.39 is 30.6 Å². The van der Waals surface area contributed by atoms with E-state index in [2.05, 4.69) is 128 Å². The van der Waals surface area contributed by atoms with Crippen molar-refractivity contribution in [3.05, 3.63) is 60.7 Å². The fraction of sp³-hybridized carbons (Fsp3) is 0.500. The summed E-state index contributed by atoms with van der Waals surface area (Å²) in [5.41, 5.74) is 0. The maximum atomic E-state index is 7.43. The van der Waals surface area contributed by atoms with Crippen LogP contribution in [0.25, 0.3) is 0 Å². The van der Waals surface area contributed by atoms with E-state index in [4.69, 9.17) is 6.91 Å². The zero-order valence-corrected chi connectivity index (χ0v) is 24.2. The Balaban J connectivity index is 2.80. The summed E-state index contributed by atoms with van der Waals surface area (Å²) in [6.07, 6.45) is 0. The molecule has 2 nitrogen and oxygen atoms in total. The molecule has 0 bridgehead atoms. The summed E-state index contributed by atoms with van der Waals surface area (Å²) in [6.45, 7) is 23.3. The molecule has 5 heteroatoms. The Bertz CT molecular complexity index is 722. The van der Waals surface area contributed by atoms with Crippen molar-refractivity contribution in [1.29, 1.82) is 0 Å². The van der Waals surface area contributed by atoms with Gasteiger partial charge in [-0.2, -0.15) is 0 Å². The van der Waals surface area contributed by atoms with Crippen molar-refractivity contribution in [2.24, 2.45) is 0 Å². The first-order valence-corrected chi connectivity index (χ1v) is 20.3. The fourth-order valence-electron chi connectivity index (χ4n) is 2.76. The molecule has 0 aliphatic carbocycles. The van der Waals surface area contributed by atoms with Gasteiger partial charge in [0.25, 0.3) is 0 Å². The molecule has 0 saturated carbocycles. The van der Waals surface area contributed by atoms with Gasteiger partial charge in [0.15, 0.2) is 0 Å². The Morgan fingerprint density at radius 2 is 0.828 bits per heavy atom. The molecule has 2 aromatic rings. The molecule has 0 radical (unpaired) electrons. The average molecular weight is 489 g/mol. The predicted octanol–water partition coefficient (Wildman–Crippen LogP) is 6.29. The monoisotopic (exact) mass is 490 g/mol. The fourth-order valence-corrected chi connectivity index (χ4v) is 25.5. The SMILES string of the molecule is CC(C)(C)[Si](C)(C)[O][Ge]([O][Si](C)(C)C(C)(C)C)([c]1ccccc1)[c]1ccccc1. The molecule has 0 saturated heterocycles. The molecule has 2 rings (SSSR count). The van der Waals surface area contributed by atoms with Gasteiger partial charge in [0.05, 0.1) is 0 Å². The Kier molecular flexibility index (Phi) is 7.18. The molecule has 0 aromatic heterocycles. The van der Waals surface area contributed by atoms with E-state index in [1.807, 2.05) is 0 Å². The van der Waals surface area contributed by atoms with Crippen molar-refractivity contribution >= 4 is 39.4 Å². The molecule has 0 N–H and O–H groups in total. The molecule has 160 valence electrons. The van der Waals surface area contributed by atoms with E-state index in [1.165, 1.54) is 8.79 Å². The summed E-state index contributed by atoms with van der Waals surface area (Å²) in [5, 5.41) is 0.230. The van der Waals surface area contributed by atoms with Crippen LogP contribution in [0.15, 0.2) is 60.7 Å². The summed E-state index contributed by atoms with van der Waals surface area (Å²) in [4.78, 5) is 0. The van der Waals surface area contributed by atoms with Crippen LogP contribution in [0.3, 0.4) is 0 Å². The Morgan fingerprint density at radius 1 is 0.552 bits per heavy atom. The van der Waals surface area contributed by atoms with Gasteiger partial charge in [-0.25, -0.2) is 0 Å². The predicted molar refractivity (Wildman–Crippen MR) is 134 cm³/mol. The van der Waals surface area contributed by atoms with Gasteiger partial charge >= 0.3 is 185 Å². The Labute approximate surface area is 184 Å². The Hall–Kier alpha value is -0.663. The van der Waals surface area contributed by atoms with E-state index in [0.29, 0.717) is 0 Å². The van der Waals surface area contributed by atoms with Crippen molar-refractivity contribution in [3.8, 4) is 0 Å². The molecule has 0 atom stereocenters. The van der Waals surface area contributed by atoms with Crippen LogP contribution in [0.2, 0.25) is 36.3 Å². The third-order valence-electron chi connectivity index (χ3n) is 6.72. The minimum absolute atomic E-state index is 0.115. The molecule has 0 heterocycles. The van der Waals surface area contributed by atoms with Crippen molar-refractivity contribution in [2.45, 2.75) is 77.8 Å². The van der Waals surface area contributed by atoms with E-state index in [-0.39, 0.29) is 10.1 Å². The van der Waals surface area contributed by atoms with Gasteiger partial charge in [-0.3, -0.25) is 0 Å². The molecule has 2 aromatic carbocycles. The Morgan fingerprint density at radius 3 is 1.07 bits per heavy atom. The van der Waals surface area contributed by atoms with Gasteiger partial charge in [0.2, 0.25) is 0 Å². The van der Waals surface area contributed by atoms with Crippen LogP contribution in [0, 0.1) is 0 Å². The van der Waals surface area contributed by atoms with Crippen LogP contribution >= 0.6 is 0 Å². The summed E-state index contributed by atoms with van der Waals surface area (Å²) < 4.78 is 17.4. The topological polar surface area (TPSA) is 18.5 Å². The molecular weight excluding hydrogens is 449 g/mol. The first-order chi connectivity index (χ1) is 13.1. The third kappa shape index (κ3) is 5.34. The molecular formula is C24H40GeO2Si2. The van der Waals surface area contributed by atoms with Crippen LogP contribution in [0.4, 0.5) is 0 Å². The molecule has 0 amide bonds. The van der Waals surface area contributed by atoms with Crippen LogP contribution in [0.1, 0.15) is 41.5 Å². The second kappa shape index (κ2) is 8.46. The molecule has 0 unspecified atom stereocenters. The minimum atomic E-state index is -3.62. The first kappa shape index (κ1) is 24.6. The van der Waals surface area contributed by atoms with Crippen molar-refractivity contribution in [3.63, 3.8) is 0 Å². The third-order valence-corrected chi connectivity index (χ3v) is 30.2. The van der Waals surface area contributed by atoms with Gasteiger partial charge in [0.1, 0.15) is 0 Å². The normalized spacial score (nSPS) is 14.1. The van der Waals surface area contributed by atoms with Gasteiger partial charge < -0.3 is 0 Å². The van der Waals surface area contributed by atoms with Gasteiger partial charge in [-0.05, 0) is 0 Å². The summed E-state index contributed by atoms with van der Waals surface area (Å²) in [7, 11) is -4.17. The van der Waals surface area contributed by atoms with Crippen molar-refractivity contribution in [1.82, 2.24) is 0 Å². The van der Waals surface area contributed by atoms with Crippen molar-refractivity contribution in [2.75, 3.05) is 0 Å². The standard InChI is InChI=1S/C24H40GeO2Si2/c1-23(2,3)28(7,8)26-25(21-17-13-11-14-18-21,22-19-15-12-16-20-22)27-29(9,10)24(4,5)6/h11-20H,1-10H3. The average Bonchev–Trinajstić information content (AvgIpc) is 2.60.